The van der Waals surface area contributed by atoms with Crippen molar-refractivity contribution < 1.29 is 0 Å². The lowest BCUT2D eigenvalue weighted by molar-refractivity contribution is 0.0372. The van der Waals surface area contributed by atoms with Crippen LogP contribution in [0.2, 0.25) is 0 Å². The van der Waals surface area contributed by atoms with Crippen molar-refractivity contribution >= 4 is 5.96 Å². The normalized spacial score (nSPS) is 22.7. The maximum atomic E-state index is 4.58. The highest BCUT2D eigenvalue weighted by Gasteiger charge is 2.36. The van der Waals surface area contributed by atoms with Gasteiger partial charge in [-0.15, -0.1) is 10.2 Å². The highest BCUT2D eigenvalue weighted by Crippen LogP contribution is 2.31. The number of aryl methyl sites for hydroxylation is 1. The monoisotopic (exact) mass is 409 g/mol. The number of guanidine groups is 1. The Morgan fingerprint density at radius 1 is 1.10 bits per heavy atom. The molecule has 0 radical (unpaired) electrons. The Kier molecular flexibility index (Phi) is 7.34. The molecule has 7 nitrogen and oxygen atoms in total. The minimum atomic E-state index is 0.706. The van der Waals surface area contributed by atoms with Gasteiger partial charge in [-0.05, 0) is 50.1 Å². The molecule has 2 unspecified atom stereocenters. The molecule has 0 saturated carbocycles. The van der Waals surface area contributed by atoms with Crippen LogP contribution < -0.4 is 5.32 Å². The third-order valence-corrected chi connectivity index (χ3v) is 6.52. The molecule has 1 aromatic heterocycles. The molecule has 2 aromatic rings. The van der Waals surface area contributed by atoms with E-state index in [2.05, 4.69) is 60.6 Å². The lowest BCUT2D eigenvalue weighted by atomic mass is 9.83. The van der Waals surface area contributed by atoms with Crippen LogP contribution in [0.3, 0.4) is 0 Å². The number of aliphatic imine (C=N–C) groups is 1. The average molecular weight is 410 g/mol. The second-order valence-corrected chi connectivity index (χ2v) is 8.54. The molecule has 0 bridgehead atoms. The van der Waals surface area contributed by atoms with Gasteiger partial charge in [-0.2, -0.15) is 0 Å². The minimum Gasteiger partial charge on any atom is -0.356 e. The predicted octanol–water partition coefficient (Wildman–Crippen LogP) is 2.62. The van der Waals surface area contributed by atoms with Gasteiger partial charge >= 0.3 is 0 Å². The van der Waals surface area contributed by atoms with E-state index in [9.17, 15) is 0 Å². The molecule has 2 aliphatic heterocycles. The molecular weight excluding hydrogens is 374 g/mol. The van der Waals surface area contributed by atoms with Crippen molar-refractivity contribution in [3.8, 4) is 0 Å². The van der Waals surface area contributed by atoms with E-state index < -0.39 is 0 Å². The SMILES string of the molecule is CN=C(NCCCCn1cnnc1)N1CCC2C(CCCN2Cc2ccccc2)C1. The van der Waals surface area contributed by atoms with E-state index in [1.807, 2.05) is 11.6 Å². The Balaban J connectivity index is 1.24. The minimum absolute atomic E-state index is 0.706. The van der Waals surface area contributed by atoms with Crippen LogP contribution in [0.25, 0.3) is 0 Å². The van der Waals surface area contributed by atoms with E-state index >= 15 is 0 Å². The van der Waals surface area contributed by atoms with Crippen LogP contribution in [0.1, 0.15) is 37.7 Å². The maximum absolute atomic E-state index is 4.58. The number of rotatable bonds is 7. The Morgan fingerprint density at radius 2 is 1.93 bits per heavy atom. The zero-order chi connectivity index (χ0) is 20.6. The number of fused-ring (bicyclic) bond motifs is 1. The summed E-state index contributed by atoms with van der Waals surface area (Å²) in [5, 5.41) is 11.3. The van der Waals surface area contributed by atoms with Crippen LogP contribution in [-0.4, -0.2) is 69.8 Å². The first-order chi connectivity index (χ1) is 14.8. The number of unbranched alkanes of at least 4 members (excludes halogenated alkanes) is 1. The lowest BCUT2D eigenvalue weighted by Crippen LogP contribution is -2.56. The fourth-order valence-corrected chi connectivity index (χ4v) is 5.00. The van der Waals surface area contributed by atoms with Gasteiger partial charge in [-0.3, -0.25) is 9.89 Å². The predicted molar refractivity (Wildman–Crippen MR) is 120 cm³/mol. The van der Waals surface area contributed by atoms with E-state index in [-0.39, 0.29) is 0 Å². The van der Waals surface area contributed by atoms with Gasteiger partial charge in [0.05, 0.1) is 0 Å². The molecule has 3 heterocycles. The second-order valence-electron chi connectivity index (χ2n) is 8.54. The van der Waals surface area contributed by atoms with Gasteiger partial charge in [0.2, 0.25) is 0 Å². The Hall–Kier alpha value is -2.41. The van der Waals surface area contributed by atoms with Gasteiger partial charge in [0.1, 0.15) is 12.7 Å². The number of piperidine rings is 2. The Labute approximate surface area is 180 Å². The Bertz CT molecular complexity index is 774. The summed E-state index contributed by atoms with van der Waals surface area (Å²) in [5.74, 6) is 1.81. The quantitative estimate of drug-likeness (QED) is 0.433. The van der Waals surface area contributed by atoms with Crippen LogP contribution in [0.4, 0.5) is 0 Å². The number of nitrogens with zero attached hydrogens (tertiary/aromatic N) is 6. The molecule has 0 amide bonds. The van der Waals surface area contributed by atoms with Crippen LogP contribution in [-0.2, 0) is 13.1 Å². The highest BCUT2D eigenvalue weighted by molar-refractivity contribution is 5.80. The number of likely N-dealkylation sites (tertiary alicyclic amines) is 2. The molecule has 0 aliphatic carbocycles. The van der Waals surface area contributed by atoms with E-state index in [0.29, 0.717) is 6.04 Å². The molecule has 2 aliphatic rings. The summed E-state index contributed by atoms with van der Waals surface area (Å²) in [7, 11) is 1.91. The van der Waals surface area contributed by atoms with E-state index in [1.165, 1.54) is 31.4 Å². The van der Waals surface area contributed by atoms with Gasteiger partial charge in [0.15, 0.2) is 5.96 Å². The topological polar surface area (TPSA) is 61.6 Å². The molecule has 0 spiro atoms. The summed E-state index contributed by atoms with van der Waals surface area (Å²) in [4.78, 5) is 9.78. The van der Waals surface area contributed by atoms with E-state index in [0.717, 1.165) is 57.4 Å². The maximum Gasteiger partial charge on any atom is 0.193 e. The lowest BCUT2D eigenvalue weighted by Gasteiger charge is -2.48. The number of nitrogens with one attached hydrogen (secondary N) is 1. The zero-order valence-corrected chi connectivity index (χ0v) is 18.2. The van der Waals surface area contributed by atoms with Gasteiger partial charge < -0.3 is 14.8 Å². The summed E-state index contributed by atoms with van der Waals surface area (Å²) in [6.45, 7) is 6.46. The molecule has 2 saturated heterocycles. The molecule has 1 aromatic carbocycles. The summed E-state index contributed by atoms with van der Waals surface area (Å²) in [5.41, 5.74) is 1.43. The molecule has 7 heteroatoms. The van der Waals surface area contributed by atoms with Crippen molar-refractivity contribution in [2.24, 2.45) is 10.9 Å². The molecule has 2 fully saturated rings. The molecule has 2 atom stereocenters. The van der Waals surface area contributed by atoms with Crippen LogP contribution >= 0.6 is 0 Å². The standard InChI is InChI=1S/C23H35N7/c1-24-23(25-12-5-6-13-28-18-26-27-19-28)30-15-11-22-21(17-30)10-7-14-29(22)16-20-8-3-2-4-9-20/h2-4,8-9,18-19,21-22H,5-7,10-17H2,1H3,(H,24,25). The first kappa shape index (κ1) is 20.8. The molecule has 4 rings (SSSR count). The first-order valence-corrected chi connectivity index (χ1v) is 11.4. The van der Waals surface area contributed by atoms with E-state index in [4.69, 9.17) is 0 Å². The largest absolute Gasteiger partial charge is 0.356 e. The fourth-order valence-electron chi connectivity index (χ4n) is 5.00. The van der Waals surface area contributed by atoms with Crippen molar-refractivity contribution in [3.63, 3.8) is 0 Å². The van der Waals surface area contributed by atoms with Crippen molar-refractivity contribution in [1.82, 2.24) is 29.9 Å². The van der Waals surface area contributed by atoms with Gasteiger partial charge in [0.25, 0.3) is 0 Å². The van der Waals surface area contributed by atoms with Crippen molar-refractivity contribution in [3.05, 3.63) is 48.5 Å². The van der Waals surface area contributed by atoms with Crippen molar-refractivity contribution in [2.45, 2.75) is 51.2 Å². The summed E-state index contributed by atoms with van der Waals surface area (Å²) < 4.78 is 2.03. The summed E-state index contributed by atoms with van der Waals surface area (Å²) in [6, 6.07) is 11.6. The third-order valence-electron chi connectivity index (χ3n) is 6.52. The smallest absolute Gasteiger partial charge is 0.193 e. The van der Waals surface area contributed by atoms with E-state index in [1.54, 1.807) is 12.7 Å². The van der Waals surface area contributed by atoms with Gasteiger partial charge in [-0.1, -0.05) is 30.3 Å². The molecular formula is C23H35N7. The van der Waals surface area contributed by atoms with Crippen LogP contribution in [0.15, 0.2) is 48.0 Å². The third kappa shape index (κ3) is 5.39. The first-order valence-electron chi connectivity index (χ1n) is 11.4. The summed E-state index contributed by atoms with van der Waals surface area (Å²) in [6.07, 6.45) is 9.65. The fraction of sp³-hybridized carbons (Fsp3) is 0.609. The Morgan fingerprint density at radius 3 is 2.73 bits per heavy atom. The molecule has 1 N–H and O–H groups in total. The summed E-state index contributed by atoms with van der Waals surface area (Å²) >= 11 is 0. The van der Waals surface area contributed by atoms with Gasteiger partial charge in [0, 0.05) is 45.8 Å². The van der Waals surface area contributed by atoms with Crippen molar-refractivity contribution in [1.29, 1.82) is 0 Å². The number of hydrogen-bond acceptors (Lipinski definition) is 4. The average Bonchev–Trinajstić information content (AvgIpc) is 3.30. The second kappa shape index (κ2) is 10.6. The zero-order valence-electron chi connectivity index (χ0n) is 18.2. The van der Waals surface area contributed by atoms with Crippen LogP contribution in [0.5, 0.6) is 0 Å². The van der Waals surface area contributed by atoms with Crippen molar-refractivity contribution in [2.75, 3.05) is 33.2 Å². The molecule has 162 valence electrons. The molecule has 30 heavy (non-hydrogen) atoms. The van der Waals surface area contributed by atoms with Gasteiger partial charge in [-0.25, -0.2) is 0 Å². The highest BCUT2D eigenvalue weighted by atomic mass is 15.3. The number of hydrogen-bond donors (Lipinski definition) is 1. The number of benzene rings is 1. The van der Waals surface area contributed by atoms with Crippen LogP contribution in [0, 0.1) is 5.92 Å². The number of aromatic nitrogens is 3.